The highest BCUT2D eigenvalue weighted by molar-refractivity contribution is 5.95. The molecule has 0 aliphatic heterocycles. The first-order chi connectivity index (χ1) is 9.10. The summed E-state index contributed by atoms with van der Waals surface area (Å²) >= 11 is 0. The highest BCUT2D eigenvalue weighted by Crippen LogP contribution is 2.19. The van der Waals surface area contributed by atoms with Gasteiger partial charge in [0.1, 0.15) is 0 Å². The molecule has 0 radical (unpaired) electrons. The van der Waals surface area contributed by atoms with Gasteiger partial charge in [0.2, 0.25) is 0 Å². The van der Waals surface area contributed by atoms with Crippen LogP contribution < -0.4 is 10.6 Å². The summed E-state index contributed by atoms with van der Waals surface area (Å²) in [6.07, 6.45) is 4.44. The number of nitrogens with one attached hydrogen (secondary N) is 2. The van der Waals surface area contributed by atoms with Crippen LogP contribution in [-0.2, 0) is 0 Å². The van der Waals surface area contributed by atoms with Crippen molar-refractivity contribution < 1.29 is 4.79 Å². The summed E-state index contributed by atoms with van der Waals surface area (Å²) in [5.74, 6) is 0.0745. The topological polar surface area (TPSA) is 41.1 Å². The lowest BCUT2D eigenvalue weighted by atomic mass is 9.91. The maximum absolute atomic E-state index is 12.3. The van der Waals surface area contributed by atoms with E-state index in [9.17, 15) is 4.79 Å². The average molecular weight is 260 g/mol. The molecule has 1 aliphatic carbocycles. The van der Waals surface area contributed by atoms with Gasteiger partial charge in [0, 0.05) is 17.6 Å². The number of carbonyl (C=O) groups is 1. The largest absolute Gasteiger partial charge is 0.349 e. The molecule has 0 aromatic heterocycles. The van der Waals surface area contributed by atoms with Crippen molar-refractivity contribution in [2.45, 2.75) is 51.6 Å². The minimum Gasteiger partial charge on any atom is -0.349 e. The average Bonchev–Trinajstić information content (AvgIpc) is 2.39. The molecule has 19 heavy (non-hydrogen) atoms. The Morgan fingerprint density at radius 1 is 1.11 bits per heavy atom. The Hall–Kier alpha value is -1.35. The number of hydrogen-bond donors (Lipinski definition) is 2. The number of carbonyl (C=O) groups excluding carboxylic acids is 1. The van der Waals surface area contributed by atoms with Gasteiger partial charge >= 0.3 is 0 Å². The van der Waals surface area contributed by atoms with Crippen LogP contribution in [0, 0.1) is 13.8 Å². The zero-order chi connectivity index (χ0) is 13.8. The van der Waals surface area contributed by atoms with Crippen molar-refractivity contribution in [2.75, 3.05) is 7.05 Å². The number of amides is 1. The van der Waals surface area contributed by atoms with Gasteiger partial charge in [-0.1, -0.05) is 17.7 Å². The van der Waals surface area contributed by atoms with Crippen molar-refractivity contribution in [3.8, 4) is 0 Å². The summed E-state index contributed by atoms with van der Waals surface area (Å²) in [6, 6.07) is 6.94. The second-order valence-corrected chi connectivity index (χ2v) is 5.63. The first-order valence-corrected chi connectivity index (χ1v) is 7.15. The fourth-order valence-corrected chi connectivity index (χ4v) is 2.86. The summed E-state index contributed by atoms with van der Waals surface area (Å²) in [7, 11) is 2.01. The number of rotatable bonds is 3. The van der Waals surface area contributed by atoms with E-state index in [1.165, 1.54) is 5.56 Å². The van der Waals surface area contributed by atoms with Crippen LogP contribution in [-0.4, -0.2) is 25.0 Å². The lowest BCUT2D eigenvalue weighted by molar-refractivity contribution is 0.0924. The molecule has 0 atom stereocenters. The summed E-state index contributed by atoms with van der Waals surface area (Å²) < 4.78 is 0. The van der Waals surface area contributed by atoms with Crippen molar-refractivity contribution in [1.82, 2.24) is 10.6 Å². The van der Waals surface area contributed by atoms with E-state index in [0.717, 1.165) is 36.8 Å². The fourth-order valence-electron chi connectivity index (χ4n) is 2.86. The molecule has 1 aromatic carbocycles. The monoisotopic (exact) mass is 260 g/mol. The molecule has 1 fully saturated rings. The first-order valence-electron chi connectivity index (χ1n) is 7.15. The molecular formula is C16H24N2O. The Bertz CT molecular complexity index is 448. The van der Waals surface area contributed by atoms with Crippen LogP contribution in [0.25, 0.3) is 0 Å². The molecule has 0 heterocycles. The van der Waals surface area contributed by atoms with Crippen molar-refractivity contribution in [2.24, 2.45) is 0 Å². The number of aryl methyl sites for hydroxylation is 2. The summed E-state index contributed by atoms with van der Waals surface area (Å²) in [5, 5.41) is 6.49. The van der Waals surface area contributed by atoms with Crippen molar-refractivity contribution >= 4 is 5.91 Å². The van der Waals surface area contributed by atoms with Crippen molar-refractivity contribution in [3.63, 3.8) is 0 Å². The van der Waals surface area contributed by atoms with E-state index in [2.05, 4.69) is 16.7 Å². The van der Waals surface area contributed by atoms with Crippen LogP contribution in [0.5, 0.6) is 0 Å². The zero-order valence-corrected chi connectivity index (χ0v) is 12.1. The lowest BCUT2D eigenvalue weighted by Gasteiger charge is -2.29. The van der Waals surface area contributed by atoms with Crippen molar-refractivity contribution in [1.29, 1.82) is 0 Å². The first kappa shape index (κ1) is 14.1. The van der Waals surface area contributed by atoms with Gasteiger partial charge in [-0.25, -0.2) is 0 Å². The normalized spacial score (nSPS) is 23.1. The molecule has 1 amide bonds. The highest BCUT2D eigenvalue weighted by atomic mass is 16.1. The van der Waals surface area contributed by atoms with Gasteiger partial charge in [0.15, 0.2) is 0 Å². The van der Waals surface area contributed by atoms with Gasteiger partial charge in [-0.05, 0) is 58.2 Å². The Labute approximate surface area is 115 Å². The smallest absolute Gasteiger partial charge is 0.251 e. The van der Waals surface area contributed by atoms with E-state index in [1.54, 1.807) is 0 Å². The Balaban J connectivity index is 1.94. The quantitative estimate of drug-likeness (QED) is 0.877. The minimum absolute atomic E-state index is 0.0745. The molecule has 2 rings (SSSR count). The standard InChI is InChI=1S/C16H24N2O/c1-11-4-9-15(12(2)10-11)16(19)18-14-7-5-13(17-3)6-8-14/h4,9-10,13-14,17H,5-8H2,1-3H3,(H,18,19). The van der Waals surface area contributed by atoms with E-state index in [4.69, 9.17) is 0 Å². The van der Waals surface area contributed by atoms with Gasteiger partial charge in [0.05, 0.1) is 0 Å². The highest BCUT2D eigenvalue weighted by Gasteiger charge is 2.22. The third kappa shape index (κ3) is 3.57. The van der Waals surface area contributed by atoms with Gasteiger partial charge in [-0.3, -0.25) is 4.79 Å². The maximum Gasteiger partial charge on any atom is 0.251 e. The minimum atomic E-state index is 0.0745. The van der Waals surface area contributed by atoms with Gasteiger partial charge in [0.25, 0.3) is 5.91 Å². The predicted octanol–water partition coefficient (Wildman–Crippen LogP) is 2.56. The summed E-state index contributed by atoms with van der Waals surface area (Å²) in [5.41, 5.74) is 3.06. The third-order valence-corrected chi connectivity index (χ3v) is 4.10. The Morgan fingerprint density at radius 3 is 2.32 bits per heavy atom. The lowest BCUT2D eigenvalue weighted by Crippen LogP contribution is -2.41. The van der Waals surface area contributed by atoms with E-state index in [0.29, 0.717) is 12.1 Å². The second kappa shape index (κ2) is 6.20. The molecule has 1 saturated carbocycles. The molecule has 2 N–H and O–H groups in total. The molecule has 104 valence electrons. The van der Waals surface area contributed by atoms with Crippen LogP contribution in [0.15, 0.2) is 18.2 Å². The van der Waals surface area contributed by atoms with Gasteiger partial charge in [-0.15, -0.1) is 0 Å². The number of hydrogen-bond acceptors (Lipinski definition) is 2. The second-order valence-electron chi connectivity index (χ2n) is 5.63. The van der Waals surface area contributed by atoms with Crippen molar-refractivity contribution in [3.05, 3.63) is 34.9 Å². The van der Waals surface area contributed by atoms with Crippen LogP contribution >= 0.6 is 0 Å². The molecular weight excluding hydrogens is 236 g/mol. The number of benzene rings is 1. The van der Waals surface area contributed by atoms with Crippen LogP contribution in [0.1, 0.15) is 47.2 Å². The maximum atomic E-state index is 12.3. The van der Waals surface area contributed by atoms with Crippen LogP contribution in [0.4, 0.5) is 0 Å². The summed E-state index contributed by atoms with van der Waals surface area (Å²) in [4.78, 5) is 12.3. The van der Waals surface area contributed by atoms with E-state index in [-0.39, 0.29) is 5.91 Å². The molecule has 1 aliphatic rings. The molecule has 0 spiro atoms. The zero-order valence-electron chi connectivity index (χ0n) is 12.1. The molecule has 1 aromatic rings. The van der Waals surface area contributed by atoms with Gasteiger partial charge in [-0.2, -0.15) is 0 Å². The fraction of sp³-hybridized carbons (Fsp3) is 0.562. The molecule has 3 heteroatoms. The summed E-state index contributed by atoms with van der Waals surface area (Å²) in [6.45, 7) is 4.05. The Kier molecular flexibility index (Phi) is 4.59. The molecule has 3 nitrogen and oxygen atoms in total. The molecule has 0 saturated heterocycles. The van der Waals surface area contributed by atoms with Gasteiger partial charge < -0.3 is 10.6 Å². The third-order valence-electron chi connectivity index (χ3n) is 4.10. The molecule has 0 unspecified atom stereocenters. The van der Waals surface area contributed by atoms with E-state index in [1.807, 2.05) is 33.0 Å². The predicted molar refractivity (Wildman–Crippen MR) is 78.5 cm³/mol. The SMILES string of the molecule is CNC1CCC(NC(=O)c2ccc(C)cc2C)CC1. The van der Waals surface area contributed by atoms with E-state index < -0.39 is 0 Å². The van der Waals surface area contributed by atoms with Crippen LogP contribution in [0.2, 0.25) is 0 Å². The molecule has 0 bridgehead atoms. The van der Waals surface area contributed by atoms with Crippen LogP contribution in [0.3, 0.4) is 0 Å². The Morgan fingerprint density at radius 2 is 1.74 bits per heavy atom. The van der Waals surface area contributed by atoms with E-state index >= 15 is 0 Å².